The van der Waals surface area contributed by atoms with Crippen molar-refractivity contribution in [3.63, 3.8) is 0 Å². The standard InChI is InChI=1S/C15H16FN3O2/c1-2-12-13(16)14(19-9-18-12)17-7-6-10-4-3-5-11(8-10)15(20)21/h3-5,8-9H,2,6-7H2,1H3,(H,20,21)(H,17,18,19). The van der Waals surface area contributed by atoms with E-state index in [0.29, 0.717) is 25.1 Å². The Balaban J connectivity index is 1.99. The average molecular weight is 289 g/mol. The summed E-state index contributed by atoms with van der Waals surface area (Å²) in [5, 5.41) is 11.8. The van der Waals surface area contributed by atoms with Crippen LogP contribution in [0.15, 0.2) is 30.6 Å². The van der Waals surface area contributed by atoms with E-state index >= 15 is 0 Å². The summed E-state index contributed by atoms with van der Waals surface area (Å²) >= 11 is 0. The Kier molecular flexibility index (Phi) is 4.81. The molecule has 0 unspecified atom stereocenters. The summed E-state index contributed by atoms with van der Waals surface area (Å²) in [5.41, 5.74) is 1.49. The summed E-state index contributed by atoms with van der Waals surface area (Å²) in [7, 11) is 0. The molecule has 0 aliphatic rings. The van der Waals surface area contributed by atoms with Gasteiger partial charge in [0.15, 0.2) is 11.6 Å². The molecule has 0 radical (unpaired) electrons. The smallest absolute Gasteiger partial charge is 0.335 e. The highest BCUT2D eigenvalue weighted by atomic mass is 19.1. The van der Waals surface area contributed by atoms with E-state index in [1.165, 1.54) is 12.4 Å². The van der Waals surface area contributed by atoms with Gasteiger partial charge in [-0.25, -0.2) is 19.2 Å². The van der Waals surface area contributed by atoms with E-state index in [4.69, 9.17) is 5.11 Å². The normalized spacial score (nSPS) is 10.4. The van der Waals surface area contributed by atoms with Crippen LogP contribution in [0.4, 0.5) is 10.2 Å². The molecule has 2 rings (SSSR count). The van der Waals surface area contributed by atoms with Crippen molar-refractivity contribution in [3.8, 4) is 0 Å². The number of halogens is 1. The van der Waals surface area contributed by atoms with E-state index < -0.39 is 11.8 Å². The molecule has 1 heterocycles. The van der Waals surface area contributed by atoms with E-state index in [2.05, 4.69) is 15.3 Å². The zero-order valence-electron chi connectivity index (χ0n) is 11.6. The SMILES string of the molecule is CCc1ncnc(NCCc2cccc(C(=O)O)c2)c1F. The van der Waals surface area contributed by atoms with Crippen molar-refractivity contribution in [2.45, 2.75) is 19.8 Å². The number of carboxylic acids is 1. The fourth-order valence-electron chi connectivity index (χ4n) is 1.96. The lowest BCUT2D eigenvalue weighted by atomic mass is 10.1. The number of nitrogens with zero attached hydrogens (tertiary/aromatic N) is 2. The van der Waals surface area contributed by atoms with Gasteiger partial charge in [-0.15, -0.1) is 0 Å². The van der Waals surface area contributed by atoms with Crippen LogP contribution in [0.3, 0.4) is 0 Å². The van der Waals surface area contributed by atoms with Gasteiger partial charge < -0.3 is 10.4 Å². The van der Waals surface area contributed by atoms with Crippen LogP contribution in [0, 0.1) is 5.82 Å². The number of anilines is 1. The molecule has 0 saturated carbocycles. The molecular formula is C15H16FN3O2. The maximum absolute atomic E-state index is 13.9. The van der Waals surface area contributed by atoms with E-state index in [0.717, 1.165) is 5.56 Å². The number of benzene rings is 1. The number of carboxylic acid groups (broad SMARTS) is 1. The predicted octanol–water partition coefficient (Wildman–Crippen LogP) is 2.53. The number of nitrogens with one attached hydrogen (secondary N) is 1. The van der Waals surface area contributed by atoms with Crippen molar-refractivity contribution in [1.29, 1.82) is 0 Å². The highest BCUT2D eigenvalue weighted by Gasteiger charge is 2.09. The molecule has 0 atom stereocenters. The Hall–Kier alpha value is -2.50. The van der Waals surface area contributed by atoms with Crippen molar-refractivity contribution in [3.05, 3.63) is 53.2 Å². The Morgan fingerprint density at radius 1 is 1.38 bits per heavy atom. The van der Waals surface area contributed by atoms with Gasteiger partial charge in [-0.05, 0) is 30.5 Å². The minimum Gasteiger partial charge on any atom is -0.478 e. The highest BCUT2D eigenvalue weighted by molar-refractivity contribution is 5.87. The number of aryl methyl sites for hydroxylation is 1. The van der Waals surface area contributed by atoms with Gasteiger partial charge in [0.2, 0.25) is 0 Å². The topological polar surface area (TPSA) is 75.1 Å². The van der Waals surface area contributed by atoms with Crippen LogP contribution >= 0.6 is 0 Å². The molecule has 0 amide bonds. The van der Waals surface area contributed by atoms with Gasteiger partial charge in [0.25, 0.3) is 0 Å². The second kappa shape index (κ2) is 6.78. The van der Waals surface area contributed by atoms with Crippen molar-refractivity contribution in [1.82, 2.24) is 9.97 Å². The summed E-state index contributed by atoms with van der Waals surface area (Å²) in [6.45, 7) is 2.28. The Labute approximate surface area is 121 Å². The first kappa shape index (κ1) is 14.9. The third-order valence-corrected chi connectivity index (χ3v) is 3.08. The molecule has 110 valence electrons. The van der Waals surface area contributed by atoms with Crippen LogP contribution in [0.1, 0.15) is 28.5 Å². The van der Waals surface area contributed by atoms with Gasteiger partial charge in [0.05, 0.1) is 11.3 Å². The maximum Gasteiger partial charge on any atom is 0.335 e. The minimum absolute atomic E-state index is 0.177. The Bertz CT molecular complexity index is 647. The van der Waals surface area contributed by atoms with Gasteiger partial charge in [0, 0.05) is 6.54 Å². The first-order chi connectivity index (χ1) is 10.1. The van der Waals surface area contributed by atoms with Crippen molar-refractivity contribution >= 4 is 11.8 Å². The number of aromatic carboxylic acids is 1. The molecule has 21 heavy (non-hydrogen) atoms. The molecule has 2 aromatic rings. The van der Waals surface area contributed by atoms with Crippen LogP contribution in [0.2, 0.25) is 0 Å². The molecule has 5 nitrogen and oxygen atoms in total. The summed E-state index contributed by atoms with van der Waals surface area (Å²) in [6, 6.07) is 6.68. The summed E-state index contributed by atoms with van der Waals surface area (Å²) in [4.78, 5) is 18.6. The predicted molar refractivity (Wildman–Crippen MR) is 77.0 cm³/mol. The molecule has 6 heteroatoms. The quantitative estimate of drug-likeness (QED) is 0.854. The number of aromatic nitrogens is 2. The Morgan fingerprint density at radius 2 is 2.19 bits per heavy atom. The molecule has 0 aliphatic heterocycles. The lowest BCUT2D eigenvalue weighted by Gasteiger charge is -2.08. The number of hydrogen-bond donors (Lipinski definition) is 2. The van der Waals surface area contributed by atoms with Gasteiger partial charge in [-0.2, -0.15) is 0 Å². The fraction of sp³-hybridized carbons (Fsp3) is 0.267. The largest absolute Gasteiger partial charge is 0.478 e. The zero-order chi connectivity index (χ0) is 15.2. The monoisotopic (exact) mass is 289 g/mol. The van der Waals surface area contributed by atoms with Crippen LogP contribution in [-0.2, 0) is 12.8 Å². The zero-order valence-corrected chi connectivity index (χ0v) is 11.6. The van der Waals surface area contributed by atoms with E-state index in [1.807, 2.05) is 13.0 Å². The molecule has 0 saturated heterocycles. The molecule has 0 bridgehead atoms. The van der Waals surface area contributed by atoms with Crippen molar-refractivity contribution in [2.75, 3.05) is 11.9 Å². The second-order valence-electron chi connectivity index (χ2n) is 4.52. The van der Waals surface area contributed by atoms with Crippen molar-refractivity contribution < 1.29 is 14.3 Å². The maximum atomic E-state index is 13.9. The first-order valence-corrected chi connectivity index (χ1v) is 6.67. The van der Waals surface area contributed by atoms with Crippen LogP contribution < -0.4 is 5.32 Å². The van der Waals surface area contributed by atoms with E-state index in [9.17, 15) is 9.18 Å². The highest BCUT2D eigenvalue weighted by Crippen LogP contribution is 2.13. The molecular weight excluding hydrogens is 273 g/mol. The molecule has 1 aromatic carbocycles. The summed E-state index contributed by atoms with van der Waals surface area (Å²) in [6.07, 6.45) is 2.41. The lowest BCUT2D eigenvalue weighted by molar-refractivity contribution is 0.0696. The number of carbonyl (C=O) groups is 1. The van der Waals surface area contributed by atoms with E-state index in [1.54, 1.807) is 12.1 Å². The van der Waals surface area contributed by atoms with Gasteiger partial charge in [-0.1, -0.05) is 19.1 Å². The molecule has 0 fully saturated rings. The third-order valence-electron chi connectivity index (χ3n) is 3.08. The summed E-state index contributed by atoms with van der Waals surface area (Å²) < 4.78 is 13.9. The van der Waals surface area contributed by atoms with Gasteiger partial charge >= 0.3 is 5.97 Å². The Morgan fingerprint density at radius 3 is 2.90 bits per heavy atom. The van der Waals surface area contributed by atoms with Gasteiger partial charge in [-0.3, -0.25) is 0 Å². The summed E-state index contributed by atoms with van der Waals surface area (Å²) in [5.74, 6) is -1.21. The third kappa shape index (κ3) is 3.75. The minimum atomic E-state index is -0.959. The number of hydrogen-bond acceptors (Lipinski definition) is 4. The number of rotatable bonds is 6. The molecule has 2 N–H and O–H groups in total. The molecule has 1 aromatic heterocycles. The van der Waals surface area contributed by atoms with Crippen LogP contribution in [0.25, 0.3) is 0 Å². The molecule has 0 aliphatic carbocycles. The van der Waals surface area contributed by atoms with Gasteiger partial charge in [0.1, 0.15) is 6.33 Å². The average Bonchev–Trinajstić information content (AvgIpc) is 2.49. The second-order valence-corrected chi connectivity index (χ2v) is 4.52. The molecule has 0 spiro atoms. The van der Waals surface area contributed by atoms with Crippen LogP contribution in [-0.4, -0.2) is 27.6 Å². The first-order valence-electron chi connectivity index (χ1n) is 6.67. The fourth-order valence-corrected chi connectivity index (χ4v) is 1.96. The van der Waals surface area contributed by atoms with Crippen LogP contribution in [0.5, 0.6) is 0 Å². The van der Waals surface area contributed by atoms with E-state index in [-0.39, 0.29) is 11.4 Å². The lowest BCUT2D eigenvalue weighted by Crippen LogP contribution is -2.10. The van der Waals surface area contributed by atoms with Crippen molar-refractivity contribution in [2.24, 2.45) is 0 Å².